The van der Waals surface area contributed by atoms with Gasteiger partial charge < -0.3 is 9.47 Å². The summed E-state index contributed by atoms with van der Waals surface area (Å²) >= 11 is 0. The first-order valence-corrected chi connectivity index (χ1v) is 5.77. The minimum atomic E-state index is 0.794. The summed E-state index contributed by atoms with van der Waals surface area (Å²) in [5.41, 5.74) is 3.64. The SMILES string of the molecule is COc1ccc(-c2cccc3c2OCC3)cc1. The molecule has 0 spiro atoms. The van der Waals surface area contributed by atoms with Crippen LogP contribution in [0.4, 0.5) is 0 Å². The summed E-state index contributed by atoms with van der Waals surface area (Å²) in [6.45, 7) is 0.794. The van der Waals surface area contributed by atoms with Crippen LogP contribution in [0.5, 0.6) is 11.5 Å². The molecule has 0 amide bonds. The van der Waals surface area contributed by atoms with Gasteiger partial charge in [0.2, 0.25) is 0 Å². The maximum absolute atomic E-state index is 5.71. The van der Waals surface area contributed by atoms with Crippen LogP contribution in [-0.4, -0.2) is 13.7 Å². The van der Waals surface area contributed by atoms with Crippen LogP contribution in [0, 0.1) is 0 Å². The number of hydrogen-bond acceptors (Lipinski definition) is 2. The molecule has 0 radical (unpaired) electrons. The van der Waals surface area contributed by atoms with Crippen LogP contribution < -0.4 is 9.47 Å². The zero-order chi connectivity index (χ0) is 11.7. The third-order valence-electron chi connectivity index (χ3n) is 3.12. The fourth-order valence-corrected chi connectivity index (χ4v) is 2.21. The van der Waals surface area contributed by atoms with E-state index in [4.69, 9.17) is 9.47 Å². The van der Waals surface area contributed by atoms with Gasteiger partial charge in [-0.1, -0.05) is 30.3 Å². The predicted molar refractivity (Wildman–Crippen MR) is 67.6 cm³/mol. The molecule has 0 aromatic heterocycles. The minimum Gasteiger partial charge on any atom is -0.497 e. The molecule has 0 atom stereocenters. The topological polar surface area (TPSA) is 18.5 Å². The summed E-state index contributed by atoms with van der Waals surface area (Å²) in [4.78, 5) is 0. The molecule has 1 heterocycles. The monoisotopic (exact) mass is 226 g/mol. The van der Waals surface area contributed by atoms with Gasteiger partial charge in [-0.25, -0.2) is 0 Å². The van der Waals surface area contributed by atoms with Crippen LogP contribution >= 0.6 is 0 Å². The average molecular weight is 226 g/mol. The van der Waals surface area contributed by atoms with Gasteiger partial charge in [0.1, 0.15) is 11.5 Å². The molecule has 0 bridgehead atoms. The van der Waals surface area contributed by atoms with Crippen LogP contribution in [0.1, 0.15) is 5.56 Å². The fourth-order valence-electron chi connectivity index (χ4n) is 2.21. The van der Waals surface area contributed by atoms with Gasteiger partial charge in [-0.05, 0) is 23.3 Å². The lowest BCUT2D eigenvalue weighted by atomic mass is 10.0. The third kappa shape index (κ3) is 1.76. The zero-order valence-electron chi connectivity index (χ0n) is 9.77. The Bertz CT molecular complexity index is 529. The quantitative estimate of drug-likeness (QED) is 0.782. The second kappa shape index (κ2) is 4.13. The van der Waals surface area contributed by atoms with Crippen molar-refractivity contribution in [3.63, 3.8) is 0 Å². The van der Waals surface area contributed by atoms with E-state index in [9.17, 15) is 0 Å². The molecule has 0 aliphatic carbocycles. The average Bonchev–Trinajstić information content (AvgIpc) is 2.87. The van der Waals surface area contributed by atoms with E-state index in [0.717, 1.165) is 24.5 Å². The van der Waals surface area contributed by atoms with Crippen molar-refractivity contribution < 1.29 is 9.47 Å². The zero-order valence-corrected chi connectivity index (χ0v) is 9.77. The van der Waals surface area contributed by atoms with E-state index in [1.54, 1.807) is 7.11 Å². The van der Waals surface area contributed by atoms with Crippen LogP contribution in [0.25, 0.3) is 11.1 Å². The number of benzene rings is 2. The lowest BCUT2D eigenvalue weighted by Crippen LogP contribution is -1.89. The highest BCUT2D eigenvalue weighted by Crippen LogP contribution is 2.37. The highest BCUT2D eigenvalue weighted by molar-refractivity contribution is 5.73. The van der Waals surface area contributed by atoms with Crippen molar-refractivity contribution in [1.82, 2.24) is 0 Å². The molecular weight excluding hydrogens is 212 g/mol. The molecular formula is C15H14O2. The minimum absolute atomic E-state index is 0.794. The third-order valence-corrected chi connectivity index (χ3v) is 3.12. The van der Waals surface area contributed by atoms with E-state index in [0.29, 0.717) is 0 Å². The predicted octanol–water partition coefficient (Wildman–Crippen LogP) is 3.30. The van der Waals surface area contributed by atoms with Crippen molar-refractivity contribution in [2.75, 3.05) is 13.7 Å². The first-order valence-electron chi connectivity index (χ1n) is 5.77. The van der Waals surface area contributed by atoms with Crippen LogP contribution in [0.2, 0.25) is 0 Å². The lowest BCUT2D eigenvalue weighted by molar-refractivity contribution is 0.358. The molecule has 17 heavy (non-hydrogen) atoms. The Hall–Kier alpha value is -1.96. The standard InChI is InChI=1S/C15H14O2/c1-16-13-7-5-11(6-8-13)14-4-2-3-12-9-10-17-15(12)14/h2-8H,9-10H2,1H3. The highest BCUT2D eigenvalue weighted by Gasteiger charge is 2.16. The molecule has 0 saturated heterocycles. The Labute approximate surface area is 101 Å². The summed E-state index contributed by atoms with van der Waals surface area (Å²) in [6, 6.07) is 14.4. The molecule has 3 rings (SSSR count). The lowest BCUT2D eigenvalue weighted by Gasteiger charge is -2.08. The summed E-state index contributed by atoms with van der Waals surface area (Å²) in [7, 11) is 1.68. The Morgan fingerprint density at radius 3 is 2.65 bits per heavy atom. The van der Waals surface area contributed by atoms with Crippen molar-refractivity contribution in [1.29, 1.82) is 0 Å². The summed E-state index contributed by atoms with van der Waals surface area (Å²) < 4.78 is 10.9. The van der Waals surface area contributed by atoms with Crippen LogP contribution in [0.15, 0.2) is 42.5 Å². The van der Waals surface area contributed by atoms with Gasteiger partial charge >= 0.3 is 0 Å². The van der Waals surface area contributed by atoms with Gasteiger partial charge in [0, 0.05) is 12.0 Å². The molecule has 2 heteroatoms. The second-order valence-electron chi connectivity index (χ2n) is 4.12. The van der Waals surface area contributed by atoms with Crippen molar-refractivity contribution in [2.24, 2.45) is 0 Å². The number of fused-ring (bicyclic) bond motifs is 1. The second-order valence-corrected chi connectivity index (χ2v) is 4.12. The summed E-state index contributed by atoms with van der Waals surface area (Å²) in [5, 5.41) is 0. The van der Waals surface area contributed by atoms with E-state index >= 15 is 0 Å². The van der Waals surface area contributed by atoms with Gasteiger partial charge in [-0.15, -0.1) is 0 Å². The van der Waals surface area contributed by atoms with Crippen molar-refractivity contribution in [2.45, 2.75) is 6.42 Å². The molecule has 0 fully saturated rings. The molecule has 2 nitrogen and oxygen atoms in total. The first kappa shape index (κ1) is 10.2. The van der Waals surface area contributed by atoms with E-state index in [2.05, 4.69) is 30.3 Å². The molecule has 1 aliphatic rings. The largest absolute Gasteiger partial charge is 0.497 e. The van der Waals surface area contributed by atoms with Crippen molar-refractivity contribution >= 4 is 0 Å². The Morgan fingerprint density at radius 1 is 1.06 bits per heavy atom. The highest BCUT2D eigenvalue weighted by atomic mass is 16.5. The first-order chi connectivity index (χ1) is 8.38. The molecule has 86 valence electrons. The van der Waals surface area contributed by atoms with Gasteiger partial charge in [0.15, 0.2) is 0 Å². The van der Waals surface area contributed by atoms with E-state index in [1.807, 2.05) is 12.1 Å². The number of hydrogen-bond donors (Lipinski definition) is 0. The summed E-state index contributed by atoms with van der Waals surface area (Å²) in [5.74, 6) is 1.92. The van der Waals surface area contributed by atoms with Gasteiger partial charge in [-0.3, -0.25) is 0 Å². The number of ether oxygens (including phenoxy) is 2. The molecule has 2 aromatic carbocycles. The number of para-hydroxylation sites is 1. The van der Waals surface area contributed by atoms with Gasteiger partial charge in [0.25, 0.3) is 0 Å². The fraction of sp³-hybridized carbons (Fsp3) is 0.200. The normalized spacial score (nSPS) is 13.0. The van der Waals surface area contributed by atoms with E-state index < -0.39 is 0 Å². The van der Waals surface area contributed by atoms with Gasteiger partial charge in [0.05, 0.1) is 13.7 Å². The molecule has 0 saturated carbocycles. The molecule has 2 aromatic rings. The van der Waals surface area contributed by atoms with Gasteiger partial charge in [-0.2, -0.15) is 0 Å². The Kier molecular flexibility index (Phi) is 2.48. The maximum atomic E-state index is 5.71. The van der Waals surface area contributed by atoms with Crippen LogP contribution in [-0.2, 0) is 6.42 Å². The molecule has 0 unspecified atom stereocenters. The van der Waals surface area contributed by atoms with E-state index in [-0.39, 0.29) is 0 Å². The molecule has 0 N–H and O–H groups in total. The Balaban J connectivity index is 2.06. The Morgan fingerprint density at radius 2 is 1.88 bits per heavy atom. The smallest absolute Gasteiger partial charge is 0.130 e. The maximum Gasteiger partial charge on any atom is 0.130 e. The summed E-state index contributed by atoms with van der Waals surface area (Å²) in [6.07, 6.45) is 1.01. The van der Waals surface area contributed by atoms with Crippen LogP contribution in [0.3, 0.4) is 0 Å². The van der Waals surface area contributed by atoms with Crippen molar-refractivity contribution in [3.05, 3.63) is 48.0 Å². The van der Waals surface area contributed by atoms with E-state index in [1.165, 1.54) is 16.7 Å². The number of rotatable bonds is 2. The molecule has 1 aliphatic heterocycles. The number of methoxy groups -OCH3 is 1. The van der Waals surface area contributed by atoms with Crippen molar-refractivity contribution in [3.8, 4) is 22.6 Å².